The second kappa shape index (κ2) is 21.5. The summed E-state index contributed by atoms with van der Waals surface area (Å²) < 4.78 is 0. The Balaban J connectivity index is 0.000000156. The maximum atomic E-state index is 7.14. The van der Waals surface area contributed by atoms with Crippen molar-refractivity contribution in [1.29, 1.82) is 0 Å². The van der Waals surface area contributed by atoms with E-state index in [4.69, 9.17) is 12.8 Å². The van der Waals surface area contributed by atoms with Crippen LogP contribution >= 0.6 is 15.8 Å². The molecule has 0 bridgehead atoms. The van der Waals surface area contributed by atoms with E-state index in [1.807, 2.05) is 24.3 Å². The second-order valence-corrected chi connectivity index (χ2v) is 19.9. The van der Waals surface area contributed by atoms with E-state index >= 15 is 0 Å². The standard InChI is InChI=1S/C25H22P2.2C15H9.Ag.Au/c1-5-13-22(14-6-1)26(23-15-7-2-8-16-23)21-27(24-17-9-3-10-18-24)25-19-11-4-12-20-25;2*1-2-11-7-8-13-10-12-5-3-4-6-14(12)15(13)9-11;;/h1-20H,21H2;2*3-9H,10H2;;/q;2*-1;2*+1/p+2. The van der Waals surface area contributed by atoms with Gasteiger partial charge in [-0.25, -0.2) is 0 Å². The minimum atomic E-state index is -0.847. The van der Waals surface area contributed by atoms with E-state index < -0.39 is 15.8 Å². The number of hydrogen-bond acceptors (Lipinski definition) is 0. The number of hydrogen-bond donors (Lipinski definition) is 0. The molecule has 0 aliphatic heterocycles. The molecule has 292 valence electrons. The van der Waals surface area contributed by atoms with Gasteiger partial charge in [-0.15, -0.1) is 35.4 Å². The third-order valence-corrected chi connectivity index (χ3v) is 17.7. The molecule has 0 saturated carbocycles. The first-order valence-corrected chi connectivity index (χ1v) is 22.8. The average molecular weight is 1070 g/mol. The van der Waals surface area contributed by atoms with E-state index in [-0.39, 0.29) is 44.8 Å². The van der Waals surface area contributed by atoms with Crippen LogP contribution in [0.1, 0.15) is 33.4 Å². The molecule has 10 rings (SSSR count). The van der Waals surface area contributed by atoms with Crippen LogP contribution in [0.15, 0.2) is 206 Å². The molecule has 0 radical (unpaired) electrons. The average Bonchev–Trinajstić information content (AvgIpc) is 3.86. The van der Waals surface area contributed by atoms with Crippen LogP contribution in [-0.4, -0.2) is 5.90 Å². The van der Waals surface area contributed by atoms with E-state index in [0.29, 0.717) is 0 Å². The summed E-state index contributed by atoms with van der Waals surface area (Å²) in [5, 5.41) is 6.01. The van der Waals surface area contributed by atoms with Crippen molar-refractivity contribution >= 4 is 37.1 Å². The molecule has 0 aromatic heterocycles. The van der Waals surface area contributed by atoms with Gasteiger partial charge in [0.25, 0.3) is 0 Å². The van der Waals surface area contributed by atoms with Gasteiger partial charge in [0.15, 0.2) is 5.90 Å². The molecule has 0 unspecified atom stereocenters. The smallest absolute Gasteiger partial charge is 0.366 e. The Morgan fingerprint density at radius 3 is 0.966 bits per heavy atom. The van der Waals surface area contributed by atoms with Crippen LogP contribution in [0.2, 0.25) is 0 Å². The van der Waals surface area contributed by atoms with Crippen molar-refractivity contribution < 1.29 is 44.8 Å². The van der Waals surface area contributed by atoms with Crippen LogP contribution in [0.25, 0.3) is 22.3 Å². The van der Waals surface area contributed by atoms with E-state index in [2.05, 4.69) is 194 Å². The first kappa shape index (κ1) is 43.8. The van der Waals surface area contributed by atoms with Gasteiger partial charge >= 0.3 is 44.8 Å². The first-order chi connectivity index (χ1) is 28.2. The normalized spacial score (nSPS) is 11.0. The fraction of sp³-hybridized carbons (Fsp3) is 0.0545. The van der Waals surface area contributed by atoms with Gasteiger partial charge in [-0.2, -0.15) is 0 Å². The third kappa shape index (κ3) is 10.5. The fourth-order valence-electron chi connectivity index (χ4n) is 7.88. The summed E-state index contributed by atoms with van der Waals surface area (Å²) in [6.45, 7) is 0. The Hall–Kier alpha value is -4.78. The first-order valence-electron chi connectivity index (χ1n) is 19.4. The molecular formula is C55H42AgAuP2+2. The summed E-state index contributed by atoms with van der Waals surface area (Å²) in [6, 6.07) is 73.6. The molecule has 4 heteroatoms. The number of rotatable bonds is 6. The molecule has 0 N–H and O–H groups in total. The molecule has 0 heterocycles. The minimum absolute atomic E-state index is 0. The van der Waals surface area contributed by atoms with Gasteiger partial charge in [-0.1, -0.05) is 133 Å². The molecule has 0 atom stereocenters. The monoisotopic (exact) mass is 1070 g/mol. The number of fused-ring (bicyclic) bond motifs is 6. The summed E-state index contributed by atoms with van der Waals surface area (Å²) in [5.74, 6) is 6.12. The van der Waals surface area contributed by atoms with Gasteiger partial charge in [0, 0.05) is 0 Å². The molecule has 2 aliphatic rings. The Morgan fingerprint density at radius 2 is 0.644 bits per heavy atom. The van der Waals surface area contributed by atoms with Crippen LogP contribution < -0.4 is 21.2 Å². The van der Waals surface area contributed by atoms with E-state index in [1.54, 1.807) is 0 Å². The molecular weight excluding hydrogens is 1030 g/mol. The Kier molecular flexibility index (Phi) is 15.9. The zero-order valence-corrected chi connectivity index (χ0v) is 38.0. The predicted molar refractivity (Wildman–Crippen MR) is 248 cm³/mol. The van der Waals surface area contributed by atoms with Crippen molar-refractivity contribution in [3.63, 3.8) is 0 Å². The maximum absolute atomic E-state index is 7.14. The van der Waals surface area contributed by atoms with Gasteiger partial charge in [0.05, 0.1) is 0 Å². The zero-order chi connectivity index (χ0) is 38.8. The van der Waals surface area contributed by atoms with Gasteiger partial charge < -0.3 is 12.8 Å². The summed E-state index contributed by atoms with van der Waals surface area (Å²) in [5.41, 5.74) is 12.3. The van der Waals surface area contributed by atoms with Crippen molar-refractivity contribution in [3.05, 3.63) is 252 Å². The van der Waals surface area contributed by atoms with Crippen LogP contribution in [0.5, 0.6) is 0 Å². The Morgan fingerprint density at radius 1 is 0.356 bits per heavy atom. The predicted octanol–water partition coefficient (Wildman–Crippen LogP) is 11.1. The quantitative estimate of drug-likeness (QED) is 0.0674. The molecule has 59 heavy (non-hydrogen) atoms. The SMILES string of the molecule is [Ag+].[Au+].[C-]#Cc1ccc2c(c1)-c1ccccc1C2.[C-]#Cc1ccc2c(c1)-c1ccccc1C2.c1ccc([PH+](C[PH+](c2ccccc2)c2ccccc2)c2ccccc2)cc1. The van der Waals surface area contributed by atoms with Gasteiger partial charge in [0.1, 0.15) is 37.1 Å². The second-order valence-electron chi connectivity index (χ2n) is 14.3. The van der Waals surface area contributed by atoms with E-state index in [1.165, 1.54) is 71.6 Å². The minimum Gasteiger partial charge on any atom is -0.366 e. The third-order valence-electron chi connectivity index (χ3n) is 10.7. The molecule has 0 nitrogen and oxygen atoms in total. The molecule has 0 fully saturated rings. The van der Waals surface area contributed by atoms with Crippen LogP contribution in [-0.2, 0) is 57.6 Å². The molecule has 8 aromatic rings. The van der Waals surface area contributed by atoms with Crippen LogP contribution in [0.4, 0.5) is 0 Å². The van der Waals surface area contributed by atoms with Crippen molar-refractivity contribution in [2.45, 2.75) is 12.8 Å². The van der Waals surface area contributed by atoms with Gasteiger partial charge in [0.2, 0.25) is 0 Å². The molecule has 0 saturated heterocycles. The van der Waals surface area contributed by atoms with Crippen molar-refractivity contribution in [2.24, 2.45) is 0 Å². The number of benzene rings is 8. The topological polar surface area (TPSA) is 0 Å². The van der Waals surface area contributed by atoms with E-state index in [0.717, 1.165) is 24.0 Å². The largest absolute Gasteiger partial charge is 1.00 e. The van der Waals surface area contributed by atoms with Crippen molar-refractivity contribution in [1.82, 2.24) is 0 Å². The van der Waals surface area contributed by atoms with Crippen LogP contribution in [0, 0.1) is 24.7 Å². The van der Waals surface area contributed by atoms with E-state index in [9.17, 15) is 0 Å². The summed E-state index contributed by atoms with van der Waals surface area (Å²) in [4.78, 5) is 0. The molecule has 2 aliphatic carbocycles. The van der Waals surface area contributed by atoms with Gasteiger partial charge in [-0.3, -0.25) is 11.8 Å². The zero-order valence-electron chi connectivity index (χ0n) is 32.4. The molecule has 0 spiro atoms. The van der Waals surface area contributed by atoms with Crippen LogP contribution in [0.3, 0.4) is 0 Å². The Bertz CT molecular complexity index is 2420. The summed E-state index contributed by atoms with van der Waals surface area (Å²) >= 11 is 0. The fourth-order valence-corrected chi connectivity index (χ4v) is 15.6. The summed E-state index contributed by atoms with van der Waals surface area (Å²) in [7, 11) is -1.69. The van der Waals surface area contributed by atoms with Crippen molar-refractivity contribution in [3.8, 4) is 34.1 Å². The maximum Gasteiger partial charge on any atom is 1.00 e. The molecule has 8 aromatic carbocycles. The van der Waals surface area contributed by atoms with Gasteiger partial charge in [-0.05, 0) is 106 Å². The Labute approximate surface area is 384 Å². The molecule has 0 amide bonds. The summed E-state index contributed by atoms with van der Waals surface area (Å²) in [6.07, 6.45) is 16.3. The van der Waals surface area contributed by atoms with Crippen molar-refractivity contribution in [2.75, 3.05) is 5.90 Å².